The Morgan fingerprint density at radius 1 is 1.19 bits per heavy atom. The molecule has 3 rings (SSSR count). The molecule has 0 amide bonds. The maximum atomic E-state index is 11.7. The van der Waals surface area contributed by atoms with Gasteiger partial charge in [0.2, 0.25) is 0 Å². The van der Waals surface area contributed by atoms with Crippen molar-refractivity contribution >= 4 is 17.3 Å². The summed E-state index contributed by atoms with van der Waals surface area (Å²) in [6, 6.07) is 13.5. The van der Waals surface area contributed by atoms with Crippen LogP contribution in [0.25, 0.3) is 0 Å². The van der Waals surface area contributed by atoms with Crippen molar-refractivity contribution in [3.63, 3.8) is 0 Å². The second-order valence-electron chi connectivity index (χ2n) is 4.45. The first-order chi connectivity index (χ1) is 10.3. The van der Waals surface area contributed by atoms with Gasteiger partial charge in [0.15, 0.2) is 0 Å². The molecule has 0 bridgehead atoms. The average Bonchev–Trinajstić information content (AvgIpc) is 3.17. The predicted octanol–water partition coefficient (Wildman–Crippen LogP) is 2.74. The van der Waals surface area contributed by atoms with Crippen LogP contribution in [0.5, 0.6) is 0 Å². The molecule has 3 aromatic rings. The number of hydrogen-bond acceptors (Lipinski definition) is 5. The molecule has 2 heterocycles. The highest BCUT2D eigenvalue weighted by atomic mass is 32.1. The van der Waals surface area contributed by atoms with Crippen molar-refractivity contribution in [2.24, 2.45) is 0 Å². The third-order valence-electron chi connectivity index (χ3n) is 2.85. The van der Waals surface area contributed by atoms with Gasteiger partial charge in [-0.05, 0) is 17.0 Å². The Morgan fingerprint density at radius 2 is 2.05 bits per heavy atom. The van der Waals surface area contributed by atoms with Crippen LogP contribution >= 0.6 is 11.3 Å². The zero-order valence-corrected chi connectivity index (χ0v) is 12.0. The molecule has 0 N–H and O–H groups in total. The SMILES string of the molecule is O=C(OCc1cn(Cc2ccccc2)nn1)c1cccs1. The molecule has 6 heteroatoms. The minimum absolute atomic E-state index is 0.130. The van der Waals surface area contributed by atoms with E-state index >= 15 is 0 Å². The zero-order valence-electron chi connectivity index (χ0n) is 11.2. The lowest BCUT2D eigenvalue weighted by atomic mass is 10.2. The fraction of sp³-hybridized carbons (Fsp3) is 0.133. The largest absolute Gasteiger partial charge is 0.455 e. The van der Waals surface area contributed by atoms with Gasteiger partial charge in [-0.25, -0.2) is 9.48 Å². The van der Waals surface area contributed by atoms with Crippen LogP contribution in [0.2, 0.25) is 0 Å². The third-order valence-corrected chi connectivity index (χ3v) is 3.70. The van der Waals surface area contributed by atoms with E-state index in [1.165, 1.54) is 11.3 Å². The molecule has 0 radical (unpaired) electrons. The fourth-order valence-corrected chi connectivity index (χ4v) is 2.47. The van der Waals surface area contributed by atoms with Crippen LogP contribution in [-0.4, -0.2) is 21.0 Å². The van der Waals surface area contributed by atoms with Gasteiger partial charge in [-0.3, -0.25) is 0 Å². The lowest BCUT2D eigenvalue weighted by Crippen LogP contribution is -2.03. The van der Waals surface area contributed by atoms with Gasteiger partial charge < -0.3 is 4.74 Å². The van der Waals surface area contributed by atoms with E-state index in [9.17, 15) is 4.79 Å². The van der Waals surface area contributed by atoms with Gasteiger partial charge in [0, 0.05) is 0 Å². The number of carbonyl (C=O) groups is 1. The topological polar surface area (TPSA) is 57.0 Å². The zero-order chi connectivity index (χ0) is 14.5. The average molecular weight is 299 g/mol. The van der Waals surface area contributed by atoms with Crippen LogP contribution in [0.15, 0.2) is 54.0 Å². The summed E-state index contributed by atoms with van der Waals surface area (Å²) in [5.41, 5.74) is 1.78. The Labute approximate surface area is 125 Å². The predicted molar refractivity (Wildman–Crippen MR) is 79.0 cm³/mol. The number of esters is 1. The van der Waals surface area contributed by atoms with Crippen molar-refractivity contribution < 1.29 is 9.53 Å². The van der Waals surface area contributed by atoms with E-state index in [2.05, 4.69) is 10.3 Å². The molecule has 0 unspecified atom stereocenters. The van der Waals surface area contributed by atoms with Crippen molar-refractivity contribution in [2.45, 2.75) is 13.2 Å². The molecule has 1 aromatic carbocycles. The summed E-state index contributed by atoms with van der Waals surface area (Å²) in [6.45, 7) is 0.776. The summed E-state index contributed by atoms with van der Waals surface area (Å²) in [6.07, 6.45) is 1.79. The van der Waals surface area contributed by atoms with E-state index in [1.54, 1.807) is 16.9 Å². The number of benzene rings is 1. The summed E-state index contributed by atoms with van der Waals surface area (Å²) in [4.78, 5) is 12.3. The van der Waals surface area contributed by atoms with Crippen LogP contribution in [0.4, 0.5) is 0 Å². The molecule has 2 aromatic heterocycles. The number of rotatable bonds is 5. The highest BCUT2D eigenvalue weighted by molar-refractivity contribution is 7.11. The summed E-state index contributed by atoms with van der Waals surface area (Å²) >= 11 is 1.36. The highest BCUT2D eigenvalue weighted by Gasteiger charge is 2.09. The highest BCUT2D eigenvalue weighted by Crippen LogP contribution is 2.11. The lowest BCUT2D eigenvalue weighted by molar-refractivity contribution is 0.0473. The molecule has 106 valence electrons. The first-order valence-electron chi connectivity index (χ1n) is 6.45. The normalized spacial score (nSPS) is 10.5. The van der Waals surface area contributed by atoms with Crippen molar-refractivity contribution in [3.8, 4) is 0 Å². The Hall–Kier alpha value is -2.47. The molecule has 0 atom stereocenters. The summed E-state index contributed by atoms with van der Waals surface area (Å²) in [5, 5.41) is 9.87. The second-order valence-corrected chi connectivity index (χ2v) is 5.39. The first-order valence-corrected chi connectivity index (χ1v) is 7.33. The van der Waals surface area contributed by atoms with E-state index in [-0.39, 0.29) is 12.6 Å². The molecule has 0 spiro atoms. The van der Waals surface area contributed by atoms with E-state index in [0.29, 0.717) is 17.1 Å². The van der Waals surface area contributed by atoms with E-state index in [1.807, 2.05) is 41.8 Å². The second kappa shape index (κ2) is 6.32. The number of nitrogens with zero attached hydrogens (tertiary/aromatic N) is 3. The Bertz CT molecular complexity index is 708. The summed E-state index contributed by atoms with van der Waals surface area (Å²) in [7, 11) is 0. The van der Waals surface area contributed by atoms with E-state index in [0.717, 1.165) is 5.56 Å². The quantitative estimate of drug-likeness (QED) is 0.680. The lowest BCUT2D eigenvalue weighted by Gasteiger charge is -2.00. The van der Waals surface area contributed by atoms with Gasteiger partial charge in [-0.1, -0.05) is 41.6 Å². The molecular formula is C15H13N3O2S. The van der Waals surface area contributed by atoms with E-state index < -0.39 is 0 Å². The summed E-state index contributed by atoms with van der Waals surface area (Å²) < 4.78 is 6.92. The monoisotopic (exact) mass is 299 g/mol. The smallest absolute Gasteiger partial charge is 0.348 e. The Kier molecular flexibility index (Phi) is 4.07. The van der Waals surface area contributed by atoms with Crippen LogP contribution < -0.4 is 0 Å². The molecule has 0 saturated heterocycles. The standard InChI is InChI=1S/C15H13N3O2S/c19-15(14-7-4-8-21-14)20-11-13-10-18(17-16-13)9-12-5-2-1-3-6-12/h1-8,10H,9,11H2. The maximum absolute atomic E-state index is 11.7. The third kappa shape index (κ3) is 3.55. The van der Waals surface area contributed by atoms with Crippen molar-refractivity contribution in [2.75, 3.05) is 0 Å². The number of carbonyl (C=O) groups excluding carboxylic acids is 1. The number of ether oxygens (including phenoxy) is 1. The molecule has 0 aliphatic rings. The minimum Gasteiger partial charge on any atom is -0.455 e. The molecule has 5 nitrogen and oxygen atoms in total. The Morgan fingerprint density at radius 3 is 2.81 bits per heavy atom. The van der Waals surface area contributed by atoms with Gasteiger partial charge in [-0.15, -0.1) is 16.4 Å². The molecular weight excluding hydrogens is 286 g/mol. The van der Waals surface area contributed by atoms with Crippen LogP contribution in [0.3, 0.4) is 0 Å². The van der Waals surface area contributed by atoms with Crippen molar-refractivity contribution in [1.29, 1.82) is 0 Å². The molecule has 21 heavy (non-hydrogen) atoms. The van der Waals surface area contributed by atoms with E-state index in [4.69, 9.17) is 4.74 Å². The van der Waals surface area contributed by atoms with Crippen LogP contribution in [0.1, 0.15) is 20.9 Å². The molecule has 0 aliphatic carbocycles. The van der Waals surface area contributed by atoms with Gasteiger partial charge in [0.1, 0.15) is 17.2 Å². The number of hydrogen-bond donors (Lipinski definition) is 0. The van der Waals surface area contributed by atoms with Crippen LogP contribution in [0, 0.1) is 0 Å². The van der Waals surface area contributed by atoms with Crippen molar-refractivity contribution in [1.82, 2.24) is 15.0 Å². The first kappa shape index (κ1) is 13.5. The molecule has 0 aliphatic heterocycles. The van der Waals surface area contributed by atoms with Gasteiger partial charge in [0.25, 0.3) is 0 Å². The van der Waals surface area contributed by atoms with Gasteiger partial charge in [-0.2, -0.15) is 0 Å². The molecule has 0 saturated carbocycles. The maximum Gasteiger partial charge on any atom is 0.348 e. The Balaban J connectivity index is 1.57. The number of thiophene rings is 1. The van der Waals surface area contributed by atoms with Gasteiger partial charge >= 0.3 is 5.97 Å². The summed E-state index contributed by atoms with van der Waals surface area (Å²) in [5.74, 6) is -0.331. The van der Waals surface area contributed by atoms with Gasteiger partial charge in [0.05, 0.1) is 12.7 Å². The van der Waals surface area contributed by atoms with Crippen LogP contribution in [-0.2, 0) is 17.9 Å². The molecule has 0 fully saturated rings. The fourth-order valence-electron chi connectivity index (χ4n) is 1.86. The van der Waals surface area contributed by atoms with Crippen molar-refractivity contribution in [3.05, 3.63) is 70.2 Å². The number of aromatic nitrogens is 3. The minimum atomic E-state index is -0.331.